The van der Waals surface area contributed by atoms with Crippen LogP contribution in [0.1, 0.15) is 18.1 Å². The number of hydrogen-bond acceptors (Lipinski definition) is 0. The summed E-state index contributed by atoms with van der Waals surface area (Å²) in [7, 11) is 0. The molecule has 0 radical (unpaired) electrons. The molecule has 2 rings (SSSR count). The van der Waals surface area contributed by atoms with E-state index in [0.717, 1.165) is 6.54 Å². The van der Waals surface area contributed by atoms with Crippen molar-refractivity contribution in [3.05, 3.63) is 35.4 Å². The molecule has 0 amide bonds. The van der Waals surface area contributed by atoms with Crippen molar-refractivity contribution in [1.82, 2.24) is 0 Å². The number of rotatable bonds is 1. The molecule has 0 N–H and O–H groups in total. The Hall–Kier alpha value is -1.11. The van der Waals surface area contributed by atoms with Gasteiger partial charge in [0.1, 0.15) is 13.1 Å². The second kappa shape index (κ2) is 3.10. The lowest BCUT2D eigenvalue weighted by Crippen LogP contribution is -2.22. The summed E-state index contributed by atoms with van der Waals surface area (Å²) in [4.78, 5) is 0. The van der Waals surface area contributed by atoms with Gasteiger partial charge in [0.25, 0.3) is 0 Å². The van der Waals surface area contributed by atoms with Gasteiger partial charge in [0.15, 0.2) is 6.21 Å². The van der Waals surface area contributed by atoms with Gasteiger partial charge in [-0.05, 0) is 18.6 Å². The lowest BCUT2D eigenvalue weighted by Gasteiger charge is -2.10. The smallest absolute Gasteiger partial charge is 0.170 e. The van der Waals surface area contributed by atoms with Crippen LogP contribution in [0.15, 0.2) is 24.3 Å². The molecule has 1 aromatic carbocycles. The van der Waals surface area contributed by atoms with Gasteiger partial charge < -0.3 is 0 Å². The monoisotopic (exact) mass is 160 g/mol. The van der Waals surface area contributed by atoms with Crippen molar-refractivity contribution in [2.45, 2.75) is 13.3 Å². The van der Waals surface area contributed by atoms with Crippen molar-refractivity contribution in [2.24, 2.45) is 0 Å². The van der Waals surface area contributed by atoms with Crippen LogP contribution in [0.3, 0.4) is 0 Å². The van der Waals surface area contributed by atoms with Gasteiger partial charge in [-0.25, -0.2) is 4.58 Å². The lowest BCUT2D eigenvalue weighted by molar-refractivity contribution is -0.520. The molecule has 1 nitrogen and oxygen atoms in total. The van der Waals surface area contributed by atoms with Crippen LogP contribution in [0, 0.1) is 0 Å². The molecule has 0 aromatic heterocycles. The predicted molar refractivity (Wildman–Crippen MR) is 51.0 cm³/mol. The highest BCUT2D eigenvalue weighted by Gasteiger charge is 2.12. The summed E-state index contributed by atoms with van der Waals surface area (Å²) in [6, 6.07) is 8.64. The van der Waals surface area contributed by atoms with E-state index in [9.17, 15) is 0 Å². The Balaban J connectivity index is 2.41. The highest BCUT2D eigenvalue weighted by Crippen LogP contribution is 2.10. The van der Waals surface area contributed by atoms with Crippen LogP contribution in [-0.4, -0.2) is 23.9 Å². The Labute approximate surface area is 73.4 Å². The summed E-state index contributed by atoms with van der Waals surface area (Å²) in [6.45, 7) is 4.49. The largest absolute Gasteiger partial charge is 0.235 e. The maximum absolute atomic E-state index is 2.36. The van der Waals surface area contributed by atoms with Crippen LogP contribution in [-0.2, 0) is 6.42 Å². The third kappa shape index (κ3) is 1.27. The molecule has 1 aliphatic rings. The minimum atomic E-state index is 1.12. The molecule has 1 aromatic rings. The Morgan fingerprint density at radius 1 is 1.33 bits per heavy atom. The average Bonchev–Trinajstić information content (AvgIpc) is 2.17. The van der Waals surface area contributed by atoms with Gasteiger partial charge >= 0.3 is 0 Å². The zero-order valence-corrected chi connectivity index (χ0v) is 7.46. The van der Waals surface area contributed by atoms with E-state index in [-0.39, 0.29) is 0 Å². The standard InChI is InChI=1S/C11H14N/c1-2-12-8-7-10-5-3-4-6-11(10)9-12/h3-6,9H,2,7-8H2,1H3/q+1. The lowest BCUT2D eigenvalue weighted by atomic mass is 10.0. The fourth-order valence-corrected chi connectivity index (χ4v) is 1.66. The molecular formula is C11H14N+. The highest BCUT2D eigenvalue weighted by molar-refractivity contribution is 5.78. The van der Waals surface area contributed by atoms with Gasteiger partial charge in [0.05, 0.1) is 0 Å². The van der Waals surface area contributed by atoms with Crippen molar-refractivity contribution in [3.63, 3.8) is 0 Å². The van der Waals surface area contributed by atoms with Crippen molar-refractivity contribution in [2.75, 3.05) is 13.1 Å². The molecular weight excluding hydrogens is 146 g/mol. The van der Waals surface area contributed by atoms with E-state index >= 15 is 0 Å². The van der Waals surface area contributed by atoms with Gasteiger partial charge in [-0.1, -0.05) is 18.2 Å². The Morgan fingerprint density at radius 3 is 3.00 bits per heavy atom. The summed E-state index contributed by atoms with van der Waals surface area (Å²) < 4.78 is 2.36. The molecule has 1 heteroatoms. The summed E-state index contributed by atoms with van der Waals surface area (Å²) in [5, 5.41) is 0. The Morgan fingerprint density at radius 2 is 2.17 bits per heavy atom. The van der Waals surface area contributed by atoms with Crippen molar-refractivity contribution in [3.8, 4) is 0 Å². The van der Waals surface area contributed by atoms with Gasteiger partial charge in [0, 0.05) is 12.0 Å². The molecule has 0 bridgehead atoms. The third-order valence-electron chi connectivity index (χ3n) is 2.45. The normalized spacial score (nSPS) is 15.2. The second-order valence-corrected chi connectivity index (χ2v) is 3.21. The van der Waals surface area contributed by atoms with Crippen molar-refractivity contribution >= 4 is 6.21 Å². The van der Waals surface area contributed by atoms with Crippen LogP contribution < -0.4 is 0 Å². The molecule has 62 valence electrons. The Bertz CT molecular complexity index is 313. The number of hydrogen-bond donors (Lipinski definition) is 0. The minimum Gasteiger partial charge on any atom is -0.235 e. The first kappa shape index (κ1) is 7.53. The molecule has 12 heavy (non-hydrogen) atoms. The Kier molecular flexibility index (Phi) is 1.94. The zero-order chi connectivity index (χ0) is 8.39. The molecule has 0 spiro atoms. The first-order valence-electron chi connectivity index (χ1n) is 4.57. The van der Waals surface area contributed by atoms with Gasteiger partial charge in [-0.2, -0.15) is 0 Å². The van der Waals surface area contributed by atoms with Crippen LogP contribution >= 0.6 is 0 Å². The van der Waals surface area contributed by atoms with E-state index in [4.69, 9.17) is 0 Å². The molecule has 0 unspecified atom stereocenters. The fraction of sp³-hybridized carbons (Fsp3) is 0.364. The van der Waals surface area contributed by atoms with Crippen molar-refractivity contribution < 1.29 is 4.58 Å². The number of likely N-dealkylation sites (N-methyl/N-ethyl adjacent to an activating group) is 1. The molecule has 0 atom stereocenters. The van der Waals surface area contributed by atoms with E-state index in [1.165, 1.54) is 24.1 Å². The summed E-state index contributed by atoms with van der Waals surface area (Å²) in [5.41, 5.74) is 2.88. The number of nitrogens with zero attached hydrogens (tertiary/aromatic N) is 1. The molecule has 0 fully saturated rings. The molecule has 1 heterocycles. The van der Waals surface area contributed by atoms with E-state index in [0.29, 0.717) is 0 Å². The van der Waals surface area contributed by atoms with Crippen LogP contribution in [0.4, 0.5) is 0 Å². The number of benzene rings is 1. The minimum absolute atomic E-state index is 1.12. The van der Waals surface area contributed by atoms with E-state index in [1.54, 1.807) is 0 Å². The first-order valence-corrected chi connectivity index (χ1v) is 4.57. The van der Waals surface area contributed by atoms with Crippen LogP contribution in [0.25, 0.3) is 0 Å². The average molecular weight is 160 g/mol. The van der Waals surface area contributed by atoms with Gasteiger partial charge in [-0.3, -0.25) is 0 Å². The SMILES string of the molecule is CC[N+]1=Cc2ccccc2CC1. The highest BCUT2D eigenvalue weighted by atomic mass is 15.0. The zero-order valence-electron chi connectivity index (χ0n) is 7.46. The van der Waals surface area contributed by atoms with E-state index in [1.807, 2.05) is 0 Å². The van der Waals surface area contributed by atoms with Crippen LogP contribution in [0.2, 0.25) is 0 Å². The molecule has 1 aliphatic heterocycles. The maximum Gasteiger partial charge on any atom is 0.170 e. The van der Waals surface area contributed by atoms with E-state index in [2.05, 4.69) is 42.0 Å². The fourth-order valence-electron chi connectivity index (χ4n) is 1.66. The first-order chi connectivity index (χ1) is 5.90. The topological polar surface area (TPSA) is 3.01 Å². The quantitative estimate of drug-likeness (QED) is 0.550. The molecule has 0 saturated heterocycles. The predicted octanol–water partition coefficient (Wildman–Crippen LogP) is 1.69. The maximum atomic E-state index is 2.36. The second-order valence-electron chi connectivity index (χ2n) is 3.21. The molecule has 0 aliphatic carbocycles. The van der Waals surface area contributed by atoms with Gasteiger partial charge in [-0.15, -0.1) is 0 Å². The summed E-state index contributed by atoms with van der Waals surface area (Å²) in [6.07, 6.45) is 3.46. The van der Waals surface area contributed by atoms with E-state index < -0.39 is 0 Å². The summed E-state index contributed by atoms with van der Waals surface area (Å²) >= 11 is 0. The van der Waals surface area contributed by atoms with Gasteiger partial charge in [0.2, 0.25) is 0 Å². The van der Waals surface area contributed by atoms with Crippen LogP contribution in [0.5, 0.6) is 0 Å². The van der Waals surface area contributed by atoms with Crippen molar-refractivity contribution in [1.29, 1.82) is 0 Å². The summed E-state index contributed by atoms with van der Waals surface area (Å²) in [5.74, 6) is 0. The number of fused-ring (bicyclic) bond motifs is 1. The molecule has 0 saturated carbocycles. The third-order valence-corrected chi connectivity index (χ3v) is 2.45.